The van der Waals surface area contributed by atoms with Crippen molar-refractivity contribution in [1.82, 2.24) is 9.55 Å². The van der Waals surface area contributed by atoms with Crippen molar-refractivity contribution in [1.29, 1.82) is 0 Å². The average molecular weight is 253 g/mol. The molecule has 4 heteroatoms. The standard InChI is InChI=1S/C10H9BrN2O/c1-2-13-8-6-4-3-5-7(8)12-9(11)10(13)14/h3-6H,2H2,1H3. The fraction of sp³-hybridized carbons (Fsp3) is 0.200. The summed E-state index contributed by atoms with van der Waals surface area (Å²) in [6.07, 6.45) is 0. The van der Waals surface area contributed by atoms with Crippen molar-refractivity contribution in [2.24, 2.45) is 0 Å². The summed E-state index contributed by atoms with van der Waals surface area (Å²) in [6, 6.07) is 7.61. The number of fused-ring (bicyclic) bond motifs is 1. The first-order valence-corrected chi connectivity index (χ1v) is 5.18. The molecule has 2 aromatic rings. The van der Waals surface area contributed by atoms with E-state index >= 15 is 0 Å². The van der Waals surface area contributed by atoms with Crippen LogP contribution in [0.4, 0.5) is 0 Å². The molecule has 0 atom stereocenters. The molecule has 0 unspecified atom stereocenters. The summed E-state index contributed by atoms with van der Waals surface area (Å²) in [4.78, 5) is 15.8. The Labute approximate surface area is 89.5 Å². The first kappa shape index (κ1) is 9.40. The van der Waals surface area contributed by atoms with Gasteiger partial charge in [0.25, 0.3) is 5.56 Å². The molecule has 0 saturated heterocycles. The van der Waals surface area contributed by atoms with Gasteiger partial charge in [0.15, 0.2) is 4.60 Å². The summed E-state index contributed by atoms with van der Waals surface area (Å²) in [7, 11) is 0. The van der Waals surface area contributed by atoms with E-state index < -0.39 is 0 Å². The van der Waals surface area contributed by atoms with Crippen LogP contribution in [0, 0.1) is 0 Å². The number of benzene rings is 1. The maximum Gasteiger partial charge on any atom is 0.284 e. The van der Waals surface area contributed by atoms with E-state index in [4.69, 9.17) is 0 Å². The lowest BCUT2D eigenvalue weighted by atomic mass is 10.3. The highest BCUT2D eigenvalue weighted by Gasteiger charge is 2.05. The molecule has 1 aromatic carbocycles. The quantitative estimate of drug-likeness (QED) is 0.780. The van der Waals surface area contributed by atoms with Crippen molar-refractivity contribution in [3.05, 3.63) is 39.2 Å². The third-order valence-corrected chi connectivity index (χ3v) is 2.65. The highest BCUT2D eigenvalue weighted by atomic mass is 79.9. The van der Waals surface area contributed by atoms with E-state index in [9.17, 15) is 4.79 Å². The molecule has 3 nitrogen and oxygen atoms in total. The van der Waals surface area contributed by atoms with E-state index in [0.717, 1.165) is 11.0 Å². The topological polar surface area (TPSA) is 34.9 Å². The summed E-state index contributed by atoms with van der Waals surface area (Å²) in [5.41, 5.74) is 1.63. The highest BCUT2D eigenvalue weighted by molar-refractivity contribution is 9.10. The second-order valence-corrected chi connectivity index (χ2v) is 3.69. The van der Waals surface area contributed by atoms with Crippen molar-refractivity contribution < 1.29 is 0 Å². The van der Waals surface area contributed by atoms with Crippen molar-refractivity contribution in [2.75, 3.05) is 0 Å². The monoisotopic (exact) mass is 252 g/mol. The van der Waals surface area contributed by atoms with Gasteiger partial charge in [0.05, 0.1) is 11.0 Å². The van der Waals surface area contributed by atoms with E-state index in [0.29, 0.717) is 11.1 Å². The van der Waals surface area contributed by atoms with Gasteiger partial charge in [0.2, 0.25) is 0 Å². The van der Waals surface area contributed by atoms with Crippen LogP contribution in [0.1, 0.15) is 6.92 Å². The molecule has 14 heavy (non-hydrogen) atoms. The third kappa shape index (κ3) is 1.35. The van der Waals surface area contributed by atoms with Crippen LogP contribution < -0.4 is 5.56 Å². The lowest BCUT2D eigenvalue weighted by molar-refractivity contribution is 0.748. The van der Waals surface area contributed by atoms with Gasteiger partial charge >= 0.3 is 0 Å². The molecule has 0 aliphatic rings. The Morgan fingerprint density at radius 1 is 1.43 bits per heavy atom. The Morgan fingerprint density at radius 2 is 2.14 bits per heavy atom. The predicted molar refractivity (Wildman–Crippen MR) is 59.4 cm³/mol. The second-order valence-electron chi connectivity index (χ2n) is 2.94. The van der Waals surface area contributed by atoms with Crippen LogP contribution >= 0.6 is 15.9 Å². The molecule has 0 amide bonds. The molecule has 0 fully saturated rings. The zero-order chi connectivity index (χ0) is 10.1. The Bertz CT molecular complexity index is 533. The molecule has 0 saturated carbocycles. The maximum atomic E-state index is 11.7. The van der Waals surface area contributed by atoms with Crippen LogP contribution in [0.5, 0.6) is 0 Å². The summed E-state index contributed by atoms with van der Waals surface area (Å²) < 4.78 is 2.07. The molecule has 0 aliphatic carbocycles. The summed E-state index contributed by atoms with van der Waals surface area (Å²) in [5.74, 6) is 0. The molecule has 0 radical (unpaired) electrons. The molecule has 1 heterocycles. The van der Waals surface area contributed by atoms with Crippen LogP contribution in [0.25, 0.3) is 11.0 Å². The molecule has 2 rings (SSSR count). The van der Waals surface area contributed by atoms with Gasteiger partial charge in [-0.3, -0.25) is 4.79 Å². The average Bonchev–Trinajstić information content (AvgIpc) is 2.20. The largest absolute Gasteiger partial charge is 0.305 e. The predicted octanol–water partition coefficient (Wildman–Crippen LogP) is 2.18. The second kappa shape index (κ2) is 3.53. The number of para-hydroxylation sites is 2. The minimum Gasteiger partial charge on any atom is -0.305 e. The number of halogens is 1. The molecule has 0 N–H and O–H groups in total. The third-order valence-electron chi connectivity index (χ3n) is 2.13. The zero-order valence-electron chi connectivity index (χ0n) is 7.70. The van der Waals surface area contributed by atoms with Crippen LogP contribution in [0.2, 0.25) is 0 Å². The first-order valence-electron chi connectivity index (χ1n) is 4.39. The van der Waals surface area contributed by atoms with E-state index in [1.807, 2.05) is 31.2 Å². The maximum absolute atomic E-state index is 11.7. The lowest BCUT2D eigenvalue weighted by Gasteiger charge is -2.06. The van der Waals surface area contributed by atoms with Gasteiger partial charge in [-0.25, -0.2) is 4.98 Å². The van der Waals surface area contributed by atoms with Crippen molar-refractivity contribution in [3.63, 3.8) is 0 Å². The highest BCUT2D eigenvalue weighted by Crippen LogP contribution is 2.11. The Morgan fingerprint density at radius 3 is 2.86 bits per heavy atom. The van der Waals surface area contributed by atoms with Gasteiger partial charge in [-0.15, -0.1) is 0 Å². The molecular weight excluding hydrogens is 244 g/mol. The zero-order valence-corrected chi connectivity index (χ0v) is 9.28. The van der Waals surface area contributed by atoms with Gasteiger partial charge in [0, 0.05) is 6.54 Å². The smallest absolute Gasteiger partial charge is 0.284 e. The fourth-order valence-electron chi connectivity index (χ4n) is 1.48. The van der Waals surface area contributed by atoms with E-state index in [-0.39, 0.29) is 5.56 Å². The van der Waals surface area contributed by atoms with E-state index in [2.05, 4.69) is 20.9 Å². The Kier molecular flexibility index (Phi) is 2.37. The SMILES string of the molecule is CCn1c(=O)c(Br)nc2ccccc21. The first-order chi connectivity index (χ1) is 6.74. The Balaban J connectivity index is 2.96. The fourth-order valence-corrected chi connectivity index (χ4v) is 1.88. The molecule has 0 aliphatic heterocycles. The molecule has 1 aromatic heterocycles. The van der Waals surface area contributed by atoms with Gasteiger partial charge in [-0.05, 0) is 35.0 Å². The minimum atomic E-state index is -0.0776. The molecule has 0 spiro atoms. The van der Waals surface area contributed by atoms with Crippen LogP contribution in [0.3, 0.4) is 0 Å². The van der Waals surface area contributed by atoms with Crippen LogP contribution in [0.15, 0.2) is 33.7 Å². The number of nitrogens with zero attached hydrogens (tertiary/aromatic N) is 2. The number of rotatable bonds is 1. The van der Waals surface area contributed by atoms with Crippen molar-refractivity contribution in [2.45, 2.75) is 13.5 Å². The van der Waals surface area contributed by atoms with Crippen LogP contribution in [-0.4, -0.2) is 9.55 Å². The lowest BCUT2D eigenvalue weighted by Crippen LogP contribution is -2.21. The van der Waals surface area contributed by atoms with Crippen molar-refractivity contribution >= 4 is 27.0 Å². The summed E-state index contributed by atoms with van der Waals surface area (Å²) in [5, 5.41) is 0. The number of aryl methyl sites for hydroxylation is 1. The normalized spacial score (nSPS) is 10.7. The van der Waals surface area contributed by atoms with Gasteiger partial charge in [-0.2, -0.15) is 0 Å². The van der Waals surface area contributed by atoms with Crippen molar-refractivity contribution in [3.8, 4) is 0 Å². The minimum absolute atomic E-state index is 0.0776. The van der Waals surface area contributed by atoms with Gasteiger partial charge < -0.3 is 4.57 Å². The summed E-state index contributed by atoms with van der Waals surface area (Å²) in [6.45, 7) is 2.60. The Hall–Kier alpha value is -1.16. The molecular formula is C10H9BrN2O. The van der Waals surface area contributed by atoms with Crippen LogP contribution in [-0.2, 0) is 6.54 Å². The number of hydrogen-bond acceptors (Lipinski definition) is 2. The van der Waals surface area contributed by atoms with Gasteiger partial charge in [-0.1, -0.05) is 12.1 Å². The summed E-state index contributed by atoms with van der Waals surface area (Å²) >= 11 is 3.16. The van der Waals surface area contributed by atoms with E-state index in [1.165, 1.54) is 0 Å². The molecule has 0 bridgehead atoms. The van der Waals surface area contributed by atoms with Gasteiger partial charge in [0.1, 0.15) is 0 Å². The molecule has 72 valence electrons. The van der Waals surface area contributed by atoms with E-state index in [1.54, 1.807) is 4.57 Å². The number of hydrogen-bond donors (Lipinski definition) is 0. The number of aromatic nitrogens is 2.